The van der Waals surface area contributed by atoms with E-state index in [4.69, 9.17) is 9.47 Å². The van der Waals surface area contributed by atoms with E-state index in [1.54, 1.807) is 55.5 Å². The van der Waals surface area contributed by atoms with E-state index in [0.29, 0.717) is 26.7 Å². The van der Waals surface area contributed by atoms with E-state index in [1.807, 2.05) is 0 Å². The van der Waals surface area contributed by atoms with Gasteiger partial charge in [0.15, 0.2) is 5.13 Å². The fourth-order valence-corrected chi connectivity index (χ4v) is 5.13. The molecule has 0 unspecified atom stereocenters. The third-order valence-corrected chi connectivity index (χ3v) is 7.20. The van der Waals surface area contributed by atoms with Gasteiger partial charge in [-0.1, -0.05) is 17.4 Å². The highest BCUT2D eigenvalue weighted by atomic mass is 32.2. The second-order valence-electron chi connectivity index (χ2n) is 7.24. The highest BCUT2D eigenvalue weighted by Gasteiger charge is 2.17. The lowest BCUT2D eigenvalue weighted by Gasteiger charge is -2.10. The second-order valence-corrected chi connectivity index (χ2v) is 9.95. The lowest BCUT2D eigenvalue weighted by Crippen LogP contribution is -2.15. The Hall–Kier alpha value is -3.96. The predicted octanol–water partition coefficient (Wildman–Crippen LogP) is 4.53. The zero-order valence-electron chi connectivity index (χ0n) is 18.8. The number of esters is 1. The highest BCUT2D eigenvalue weighted by molar-refractivity contribution is 7.92. The largest absolute Gasteiger partial charge is 0.497 e. The van der Waals surface area contributed by atoms with Crippen molar-refractivity contribution in [1.82, 2.24) is 4.98 Å². The van der Waals surface area contributed by atoms with Crippen molar-refractivity contribution in [2.75, 3.05) is 23.8 Å². The molecule has 0 spiro atoms. The molecule has 0 fully saturated rings. The van der Waals surface area contributed by atoms with Gasteiger partial charge in [0.1, 0.15) is 5.75 Å². The molecule has 0 aliphatic rings. The maximum atomic E-state index is 12.8. The number of thiazole rings is 1. The molecule has 1 aromatic heterocycles. The van der Waals surface area contributed by atoms with Gasteiger partial charge in [-0.05, 0) is 67.6 Å². The molecular weight excluding hydrogens is 490 g/mol. The first-order chi connectivity index (χ1) is 16.8. The minimum Gasteiger partial charge on any atom is -0.497 e. The van der Waals surface area contributed by atoms with Gasteiger partial charge in [-0.25, -0.2) is 18.2 Å². The van der Waals surface area contributed by atoms with Gasteiger partial charge in [0.2, 0.25) is 0 Å². The molecule has 0 aliphatic carbocycles. The highest BCUT2D eigenvalue weighted by Crippen LogP contribution is 2.28. The van der Waals surface area contributed by atoms with Crippen LogP contribution >= 0.6 is 11.3 Å². The molecule has 4 rings (SSSR count). The molecule has 0 aliphatic heterocycles. The van der Waals surface area contributed by atoms with Crippen LogP contribution in [0, 0.1) is 0 Å². The number of hydrogen-bond acceptors (Lipinski definition) is 8. The van der Waals surface area contributed by atoms with Crippen LogP contribution in [-0.4, -0.2) is 39.0 Å². The van der Waals surface area contributed by atoms with E-state index in [0.717, 1.165) is 0 Å². The van der Waals surface area contributed by atoms with Crippen molar-refractivity contribution in [3.63, 3.8) is 0 Å². The molecule has 2 N–H and O–H groups in total. The summed E-state index contributed by atoms with van der Waals surface area (Å²) in [5.74, 6) is -0.350. The number of fused-ring (bicyclic) bond motifs is 1. The molecule has 1 heterocycles. The number of ether oxygens (including phenoxy) is 2. The number of anilines is 2. The summed E-state index contributed by atoms with van der Waals surface area (Å²) in [6.45, 7) is 2.01. The fourth-order valence-electron chi connectivity index (χ4n) is 3.18. The van der Waals surface area contributed by atoms with Crippen LogP contribution in [0.3, 0.4) is 0 Å². The first-order valence-electron chi connectivity index (χ1n) is 10.4. The number of nitrogens with zero attached hydrogens (tertiary/aromatic N) is 1. The van der Waals surface area contributed by atoms with Crippen LogP contribution in [-0.2, 0) is 14.8 Å². The molecule has 180 valence electrons. The molecule has 0 radical (unpaired) electrons. The summed E-state index contributed by atoms with van der Waals surface area (Å²) in [7, 11) is -2.36. The predicted molar refractivity (Wildman–Crippen MR) is 134 cm³/mol. The summed E-state index contributed by atoms with van der Waals surface area (Å²) in [6.07, 6.45) is 0. The Labute approximate surface area is 205 Å². The van der Waals surface area contributed by atoms with E-state index in [-0.39, 0.29) is 22.8 Å². The average molecular weight is 512 g/mol. The number of benzene rings is 3. The van der Waals surface area contributed by atoms with E-state index in [9.17, 15) is 18.0 Å². The van der Waals surface area contributed by atoms with Crippen molar-refractivity contribution in [2.45, 2.75) is 11.8 Å². The van der Waals surface area contributed by atoms with E-state index in [1.165, 1.54) is 36.6 Å². The maximum absolute atomic E-state index is 12.8. The lowest BCUT2D eigenvalue weighted by atomic mass is 10.2. The number of nitrogens with one attached hydrogen (secondary N) is 2. The number of carbonyl (C=O) groups excluding carboxylic acids is 2. The van der Waals surface area contributed by atoms with Crippen LogP contribution in [0.15, 0.2) is 71.6 Å². The van der Waals surface area contributed by atoms with Crippen molar-refractivity contribution in [3.8, 4) is 5.75 Å². The number of amides is 1. The minimum atomic E-state index is -3.86. The van der Waals surface area contributed by atoms with Gasteiger partial charge in [-0.2, -0.15) is 0 Å². The Kier molecular flexibility index (Phi) is 6.99. The van der Waals surface area contributed by atoms with Crippen LogP contribution < -0.4 is 14.8 Å². The third kappa shape index (κ3) is 5.58. The smallest absolute Gasteiger partial charge is 0.338 e. The number of rotatable bonds is 8. The maximum Gasteiger partial charge on any atom is 0.338 e. The van der Waals surface area contributed by atoms with Gasteiger partial charge in [0, 0.05) is 11.3 Å². The van der Waals surface area contributed by atoms with Crippen molar-refractivity contribution in [1.29, 1.82) is 0 Å². The van der Waals surface area contributed by atoms with Gasteiger partial charge < -0.3 is 9.47 Å². The van der Waals surface area contributed by atoms with Crippen molar-refractivity contribution >= 4 is 54.3 Å². The Balaban J connectivity index is 1.49. The van der Waals surface area contributed by atoms with E-state index in [2.05, 4.69) is 15.0 Å². The zero-order valence-corrected chi connectivity index (χ0v) is 20.4. The van der Waals surface area contributed by atoms with Crippen LogP contribution in [0.2, 0.25) is 0 Å². The van der Waals surface area contributed by atoms with E-state index < -0.39 is 21.9 Å². The molecule has 3 aromatic carbocycles. The molecule has 0 saturated carbocycles. The minimum absolute atomic E-state index is 0.0600. The molecular formula is C24H21N3O6S2. The molecule has 0 atom stereocenters. The Morgan fingerprint density at radius 3 is 2.49 bits per heavy atom. The summed E-state index contributed by atoms with van der Waals surface area (Å²) in [5, 5.41) is 3.06. The zero-order chi connectivity index (χ0) is 25.0. The molecule has 9 nitrogen and oxygen atoms in total. The van der Waals surface area contributed by atoms with Gasteiger partial charge >= 0.3 is 5.97 Å². The van der Waals surface area contributed by atoms with Crippen molar-refractivity contribution in [3.05, 3.63) is 77.9 Å². The number of hydrogen-bond donors (Lipinski definition) is 2. The molecule has 0 saturated heterocycles. The van der Waals surface area contributed by atoms with Gasteiger partial charge in [-0.3, -0.25) is 14.8 Å². The van der Waals surface area contributed by atoms with Gasteiger partial charge in [0.05, 0.1) is 34.4 Å². The summed E-state index contributed by atoms with van der Waals surface area (Å²) in [5.41, 5.74) is 1.50. The van der Waals surface area contributed by atoms with Crippen LogP contribution in [0.1, 0.15) is 27.6 Å². The Bertz CT molecular complexity index is 1500. The monoisotopic (exact) mass is 511 g/mol. The third-order valence-electron chi connectivity index (χ3n) is 4.87. The van der Waals surface area contributed by atoms with Gasteiger partial charge in [0.25, 0.3) is 15.9 Å². The number of sulfonamides is 1. The van der Waals surface area contributed by atoms with Crippen LogP contribution in [0.5, 0.6) is 5.75 Å². The van der Waals surface area contributed by atoms with Gasteiger partial charge in [-0.15, -0.1) is 0 Å². The molecule has 4 aromatic rings. The van der Waals surface area contributed by atoms with Crippen molar-refractivity contribution < 1.29 is 27.5 Å². The number of aromatic nitrogens is 1. The quantitative estimate of drug-likeness (QED) is 0.333. The molecule has 0 bridgehead atoms. The number of methoxy groups -OCH3 is 1. The average Bonchev–Trinajstić information content (AvgIpc) is 3.25. The standard InChI is InChI=1S/C24H21N3O6S2/c1-3-33-23(29)16-7-12-20-21(14-16)34-24(25-20)26-22(28)15-5-4-6-17(13-15)27-35(30,31)19-10-8-18(32-2)9-11-19/h4-14,27H,3H2,1-2H3,(H,25,26,28). The summed E-state index contributed by atoms with van der Waals surface area (Å²) in [4.78, 5) is 29.2. The molecule has 35 heavy (non-hydrogen) atoms. The first kappa shape index (κ1) is 24.2. The second kappa shape index (κ2) is 10.1. The SMILES string of the molecule is CCOC(=O)c1ccc2nc(NC(=O)c3cccc(NS(=O)(=O)c4ccc(OC)cc4)c3)sc2c1. The summed E-state index contributed by atoms with van der Waals surface area (Å²) in [6, 6.07) is 17.0. The summed E-state index contributed by atoms with van der Waals surface area (Å²) >= 11 is 1.21. The Morgan fingerprint density at radius 1 is 1.00 bits per heavy atom. The van der Waals surface area contributed by atoms with Crippen LogP contribution in [0.4, 0.5) is 10.8 Å². The normalized spacial score (nSPS) is 11.1. The van der Waals surface area contributed by atoms with E-state index >= 15 is 0 Å². The summed E-state index contributed by atoms with van der Waals surface area (Å²) < 4.78 is 38.6. The lowest BCUT2D eigenvalue weighted by molar-refractivity contribution is 0.0526. The topological polar surface area (TPSA) is 124 Å². The first-order valence-corrected chi connectivity index (χ1v) is 12.7. The fraction of sp³-hybridized carbons (Fsp3) is 0.125. The molecule has 1 amide bonds. The number of carbonyl (C=O) groups is 2. The van der Waals surface area contributed by atoms with Crippen LogP contribution in [0.25, 0.3) is 10.2 Å². The van der Waals surface area contributed by atoms with Crippen molar-refractivity contribution in [2.24, 2.45) is 0 Å². The Morgan fingerprint density at radius 2 is 1.77 bits per heavy atom. The molecule has 11 heteroatoms.